The van der Waals surface area contributed by atoms with Gasteiger partial charge in [-0.1, -0.05) is 36.4 Å². The number of nitrogens with zero attached hydrogens (tertiary/aromatic N) is 2. The summed E-state index contributed by atoms with van der Waals surface area (Å²) >= 11 is 1.71. The van der Waals surface area contributed by atoms with Crippen LogP contribution in [-0.4, -0.2) is 40.7 Å². The molecule has 5 heteroatoms. The van der Waals surface area contributed by atoms with Crippen molar-refractivity contribution >= 4 is 29.2 Å². The Morgan fingerprint density at radius 2 is 1.79 bits per heavy atom. The van der Waals surface area contributed by atoms with E-state index >= 15 is 0 Å². The first-order valence-corrected chi connectivity index (χ1v) is 10.9. The van der Waals surface area contributed by atoms with Crippen molar-refractivity contribution in [2.45, 2.75) is 38.3 Å². The molecule has 0 N–H and O–H groups in total. The lowest BCUT2D eigenvalue weighted by Gasteiger charge is -2.34. The van der Waals surface area contributed by atoms with Gasteiger partial charge in [0, 0.05) is 36.0 Å². The SMILES string of the molecule is O=C(C=Cc1ccccc1)N1CCC(C(=O)N(Cc2cccs2)C2CC2)CC1. The average molecular weight is 395 g/mol. The number of benzene rings is 1. The van der Waals surface area contributed by atoms with Crippen LogP contribution in [0, 0.1) is 5.92 Å². The molecule has 0 bridgehead atoms. The highest BCUT2D eigenvalue weighted by molar-refractivity contribution is 7.09. The molecule has 1 saturated heterocycles. The lowest BCUT2D eigenvalue weighted by molar-refractivity contribution is -0.140. The fourth-order valence-electron chi connectivity index (χ4n) is 3.76. The first kappa shape index (κ1) is 18.9. The van der Waals surface area contributed by atoms with Crippen LogP contribution >= 0.6 is 11.3 Å². The Hall–Kier alpha value is -2.40. The molecule has 1 aromatic heterocycles. The molecule has 1 aliphatic heterocycles. The number of piperidine rings is 1. The molecule has 2 fully saturated rings. The van der Waals surface area contributed by atoms with Crippen molar-refractivity contribution in [3.05, 3.63) is 64.4 Å². The molecule has 1 aliphatic carbocycles. The monoisotopic (exact) mass is 394 g/mol. The smallest absolute Gasteiger partial charge is 0.246 e. The molecular formula is C23H26N2O2S. The van der Waals surface area contributed by atoms with E-state index in [4.69, 9.17) is 0 Å². The van der Waals surface area contributed by atoms with E-state index in [9.17, 15) is 9.59 Å². The number of carbonyl (C=O) groups is 2. The van der Waals surface area contributed by atoms with Gasteiger partial charge in [0.1, 0.15) is 0 Å². The topological polar surface area (TPSA) is 40.6 Å². The van der Waals surface area contributed by atoms with Crippen molar-refractivity contribution in [2.24, 2.45) is 5.92 Å². The summed E-state index contributed by atoms with van der Waals surface area (Å²) in [5, 5.41) is 2.07. The summed E-state index contributed by atoms with van der Waals surface area (Å²) in [6.07, 6.45) is 7.27. The van der Waals surface area contributed by atoms with Crippen LogP contribution in [0.2, 0.25) is 0 Å². The summed E-state index contributed by atoms with van der Waals surface area (Å²) in [4.78, 5) is 30.8. The maximum Gasteiger partial charge on any atom is 0.246 e. The second kappa shape index (κ2) is 8.74. The van der Waals surface area contributed by atoms with Gasteiger partial charge in [0.15, 0.2) is 0 Å². The second-order valence-electron chi connectivity index (χ2n) is 7.62. The molecule has 28 heavy (non-hydrogen) atoms. The zero-order valence-electron chi connectivity index (χ0n) is 16.0. The van der Waals surface area contributed by atoms with E-state index in [1.54, 1.807) is 17.4 Å². The van der Waals surface area contributed by atoms with E-state index in [-0.39, 0.29) is 17.7 Å². The highest BCUT2D eigenvalue weighted by Gasteiger charge is 2.37. The van der Waals surface area contributed by atoms with E-state index in [1.807, 2.05) is 47.4 Å². The van der Waals surface area contributed by atoms with Crippen LogP contribution in [0.1, 0.15) is 36.1 Å². The normalized spacial score (nSPS) is 17.8. The molecule has 0 unspecified atom stereocenters. The number of amides is 2. The van der Waals surface area contributed by atoms with Crippen LogP contribution in [0.5, 0.6) is 0 Å². The molecule has 4 rings (SSSR count). The highest BCUT2D eigenvalue weighted by atomic mass is 32.1. The van der Waals surface area contributed by atoms with Gasteiger partial charge in [-0.2, -0.15) is 0 Å². The average Bonchev–Trinajstić information content (AvgIpc) is 3.46. The summed E-state index contributed by atoms with van der Waals surface area (Å²) in [5.74, 6) is 0.359. The maximum absolute atomic E-state index is 13.1. The number of likely N-dealkylation sites (tertiary alicyclic amines) is 1. The van der Waals surface area contributed by atoms with Gasteiger partial charge in [-0.05, 0) is 48.8 Å². The standard InChI is InChI=1S/C23H26N2O2S/c26-22(11-8-18-5-2-1-3-6-18)24-14-12-19(13-15-24)23(27)25(20-9-10-20)17-21-7-4-16-28-21/h1-8,11,16,19-20H,9-10,12-15,17H2. The Bertz CT molecular complexity index is 820. The molecule has 146 valence electrons. The van der Waals surface area contributed by atoms with Crippen LogP contribution in [0.3, 0.4) is 0 Å². The number of carbonyl (C=O) groups excluding carboxylic acids is 2. The number of hydrogen-bond donors (Lipinski definition) is 0. The summed E-state index contributed by atoms with van der Waals surface area (Å²) in [6, 6.07) is 14.4. The molecule has 0 spiro atoms. The van der Waals surface area contributed by atoms with Crippen LogP contribution in [0.4, 0.5) is 0 Å². The van der Waals surface area contributed by atoms with Gasteiger partial charge in [0.05, 0.1) is 6.54 Å². The van der Waals surface area contributed by atoms with Gasteiger partial charge >= 0.3 is 0 Å². The predicted octanol–water partition coefficient (Wildman–Crippen LogP) is 4.19. The highest BCUT2D eigenvalue weighted by Crippen LogP contribution is 2.32. The van der Waals surface area contributed by atoms with Crippen molar-refractivity contribution in [2.75, 3.05) is 13.1 Å². The fourth-order valence-corrected chi connectivity index (χ4v) is 4.46. The van der Waals surface area contributed by atoms with Crippen molar-refractivity contribution in [1.29, 1.82) is 0 Å². The van der Waals surface area contributed by atoms with Crippen LogP contribution in [0.15, 0.2) is 53.9 Å². The van der Waals surface area contributed by atoms with Gasteiger partial charge in [0.2, 0.25) is 11.8 Å². The first-order chi connectivity index (χ1) is 13.7. The molecule has 1 saturated carbocycles. The minimum Gasteiger partial charge on any atom is -0.339 e. The van der Waals surface area contributed by atoms with Crippen LogP contribution in [0.25, 0.3) is 6.08 Å². The Morgan fingerprint density at radius 1 is 1.04 bits per heavy atom. The Kier molecular flexibility index (Phi) is 5.91. The summed E-state index contributed by atoms with van der Waals surface area (Å²) < 4.78 is 0. The molecule has 2 aliphatic rings. The van der Waals surface area contributed by atoms with Crippen molar-refractivity contribution in [3.63, 3.8) is 0 Å². The third-order valence-corrected chi connectivity index (χ3v) is 6.41. The number of hydrogen-bond acceptors (Lipinski definition) is 3. The quantitative estimate of drug-likeness (QED) is 0.689. The molecule has 2 amide bonds. The molecule has 4 nitrogen and oxygen atoms in total. The van der Waals surface area contributed by atoms with Crippen molar-refractivity contribution in [1.82, 2.24) is 9.80 Å². The van der Waals surface area contributed by atoms with E-state index in [0.717, 1.165) is 37.8 Å². The van der Waals surface area contributed by atoms with E-state index in [0.29, 0.717) is 19.1 Å². The fraction of sp³-hybridized carbons (Fsp3) is 0.391. The molecule has 0 atom stereocenters. The Morgan fingerprint density at radius 3 is 2.43 bits per heavy atom. The van der Waals surface area contributed by atoms with Gasteiger partial charge in [0.25, 0.3) is 0 Å². The van der Waals surface area contributed by atoms with Gasteiger partial charge in [-0.3, -0.25) is 9.59 Å². The van der Waals surface area contributed by atoms with Crippen LogP contribution < -0.4 is 0 Å². The van der Waals surface area contributed by atoms with Gasteiger partial charge < -0.3 is 9.80 Å². The van der Waals surface area contributed by atoms with E-state index in [2.05, 4.69) is 16.3 Å². The van der Waals surface area contributed by atoms with Gasteiger partial charge in [-0.25, -0.2) is 0 Å². The molecular weight excluding hydrogens is 368 g/mol. The zero-order valence-corrected chi connectivity index (χ0v) is 16.8. The number of thiophene rings is 1. The lowest BCUT2D eigenvalue weighted by Crippen LogP contribution is -2.44. The molecule has 0 radical (unpaired) electrons. The first-order valence-electron chi connectivity index (χ1n) is 10.1. The third-order valence-electron chi connectivity index (χ3n) is 5.55. The Labute approximate surface area is 170 Å². The second-order valence-corrected chi connectivity index (χ2v) is 8.65. The van der Waals surface area contributed by atoms with E-state index < -0.39 is 0 Å². The van der Waals surface area contributed by atoms with Crippen molar-refractivity contribution in [3.8, 4) is 0 Å². The van der Waals surface area contributed by atoms with E-state index in [1.165, 1.54) is 4.88 Å². The number of rotatable bonds is 6. The Balaban J connectivity index is 1.31. The van der Waals surface area contributed by atoms with Gasteiger partial charge in [-0.15, -0.1) is 11.3 Å². The summed E-state index contributed by atoms with van der Waals surface area (Å²) in [7, 11) is 0. The summed E-state index contributed by atoms with van der Waals surface area (Å²) in [6.45, 7) is 2.05. The lowest BCUT2D eigenvalue weighted by atomic mass is 9.95. The maximum atomic E-state index is 13.1. The van der Waals surface area contributed by atoms with Crippen molar-refractivity contribution < 1.29 is 9.59 Å². The largest absolute Gasteiger partial charge is 0.339 e. The molecule has 2 aromatic rings. The molecule has 2 heterocycles. The van der Waals surface area contributed by atoms with Crippen LogP contribution in [-0.2, 0) is 16.1 Å². The minimum absolute atomic E-state index is 0.0346. The zero-order chi connectivity index (χ0) is 19.3. The summed E-state index contributed by atoms with van der Waals surface area (Å²) in [5.41, 5.74) is 1.02. The predicted molar refractivity (Wildman–Crippen MR) is 113 cm³/mol. The minimum atomic E-state index is 0.0346. The third kappa shape index (κ3) is 4.71. The molecule has 1 aromatic carbocycles.